The molecule has 17 heavy (non-hydrogen) atoms. The average Bonchev–Trinajstić information content (AvgIpc) is 2.27. The van der Waals surface area contributed by atoms with Crippen molar-refractivity contribution in [1.82, 2.24) is 0 Å². The fourth-order valence-corrected chi connectivity index (χ4v) is 8.69. The summed E-state index contributed by atoms with van der Waals surface area (Å²) in [6.45, 7) is 8.18. The third-order valence-electron chi connectivity index (χ3n) is 2.86. The van der Waals surface area contributed by atoms with Gasteiger partial charge in [0.2, 0.25) is 0 Å². The quantitative estimate of drug-likeness (QED) is 0.458. The number of nitrogens with two attached hydrogens (primary N) is 1. The Hall–Kier alpha value is 0.679. The van der Waals surface area contributed by atoms with Crippen LogP contribution in [0.15, 0.2) is 0 Å². The summed E-state index contributed by atoms with van der Waals surface area (Å²) < 4.78 is 13.3. The van der Waals surface area contributed by atoms with Gasteiger partial charge in [-0.3, -0.25) is 0 Å². The predicted octanol–water partition coefficient (Wildman–Crippen LogP) is 3.43. The molecular formula is C13H31NO2Sn. The van der Waals surface area contributed by atoms with Crippen molar-refractivity contribution in [3.8, 4) is 0 Å². The maximum atomic E-state index is 6.10. The van der Waals surface area contributed by atoms with E-state index < -0.39 is 19.2 Å². The van der Waals surface area contributed by atoms with E-state index in [1.165, 1.54) is 12.8 Å². The van der Waals surface area contributed by atoms with E-state index in [1.807, 2.05) is 0 Å². The van der Waals surface area contributed by atoms with Gasteiger partial charge in [-0.2, -0.15) is 0 Å². The van der Waals surface area contributed by atoms with E-state index in [0.29, 0.717) is 0 Å². The topological polar surface area (TPSA) is 44.5 Å². The van der Waals surface area contributed by atoms with Crippen molar-refractivity contribution < 1.29 is 6.15 Å². The van der Waals surface area contributed by atoms with Crippen molar-refractivity contribution in [2.45, 2.75) is 68.3 Å². The monoisotopic (exact) mass is 353 g/mol. The van der Waals surface area contributed by atoms with E-state index in [-0.39, 0.29) is 6.04 Å². The molecule has 0 aromatic carbocycles. The summed E-state index contributed by atoms with van der Waals surface area (Å²) in [5, 5.41) is 0. The van der Waals surface area contributed by atoms with Crippen LogP contribution in [0.2, 0.25) is 9.38 Å². The molecule has 4 heteroatoms. The number of hydrogen-bond acceptors (Lipinski definition) is 3. The summed E-state index contributed by atoms with van der Waals surface area (Å²) in [5.41, 5.74) is 5.83. The van der Waals surface area contributed by atoms with Crippen LogP contribution in [0.3, 0.4) is 0 Å². The maximum absolute atomic E-state index is 6.10. The minimum atomic E-state index is -2.75. The average molecular weight is 352 g/mol. The first kappa shape index (κ1) is 17.7. The van der Waals surface area contributed by atoms with Crippen LogP contribution in [0, 0.1) is 0 Å². The van der Waals surface area contributed by atoms with Crippen molar-refractivity contribution in [2.75, 3.05) is 13.2 Å². The number of hydrogen-bond donors (Lipinski definition) is 1. The van der Waals surface area contributed by atoms with Gasteiger partial charge in [-0.25, -0.2) is 0 Å². The van der Waals surface area contributed by atoms with E-state index >= 15 is 0 Å². The molecule has 0 fully saturated rings. The van der Waals surface area contributed by atoms with Gasteiger partial charge in [0.05, 0.1) is 0 Å². The van der Waals surface area contributed by atoms with E-state index in [4.69, 9.17) is 11.9 Å². The van der Waals surface area contributed by atoms with Gasteiger partial charge in [-0.05, 0) is 0 Å². The predicted molar refractivity (Wildman–Crippen MR) is 76.4 cm³/mol. The first-order valence-corrected chi connectivity index (χ1v) is 14.3. The van der Waals surface area contributed by atoms with Gasteiger partial charge in [0.25, 0.3) is 0 Å². The van der Waals surface area contributed by atoms with Gasteiger partial charge in [-0.15, -0.1) is 0 Å². The van der Waals surface area contributed by atoms with E-state index in [9.17, 15) is 0 Å². The Labute approximate surface area is 112 Å². The zero-order valence-electron chi connectivity index (χ0n) is 12.1. The Morgan fingerprint density at radius 3 is 1.88 bits per heavy atom. The minimum absolute atomic E-state index is 0.260. The fourth-order valence-electron chi connectivity index (χ4n) is 1.54. The Morgan fingerprint density at radius 2 is 1.53 bits per heavy atom. The van der Waals surface area contributed by atoms with Crippen LogP contribution in [-0.4, -0.2) is 38.5 Å². The van der Waals surface area contributed by atoms with Crippen LogP contribution >= 0.6 is 0 Å². The summed E-state index contributed by atoms with van der Waals surface area (Å²) in [6.07, 6.45) is 5.68. The van der Waals surface area contributed by atoms with Crippen molar-refractivity contribution >= 4 is 19.2 Å². The van der Waals surface area contributed by atoms with E-state index in [0.717, 1.165) is 36.9 Å². The molecule has 2 N–H and O–H groups in total. The molecule has 0 saturated carbocycles. The molecule has 3 nitrogen and oxygen atoms in total. The Morgan fingerprint density at radius 1 is 1.06 bits per heavy atom. The second kappa shape index (κ2) is 10.6. The van der Waals surface area contributed by atoms with Crippen molar-refractivity contribution in [1.29, 1.82) is 0 Å². The number of unbranched alkanes of at least 4 members (excludes halogenated alkanes) is 2. The van der Waals surface area contributed by atoms with Gasteiger partial charge in [-0.1, -0.05) is 0 Å². The van der Waals surface area contributed by atoms with E-state index in [1.54, 1.807) is 0 Å². The molecule has 0 spiro atoms. The Balaban J connectivity index is 4.04. The second-order valence-electron chi connectivity index (χ2n) is 5.05. The molecule has 0 saturated heterocycles. The standard InChI is InChI=1S/C4H10N.2C4H9O.CH3.Sn/c1-3-4(2)5;2*1-2-3-4-5;;/h4H,1,3,5H2,2H3;2*2-4H2,1H3;1H3;/q;2*-1;;+2. The molecule has 0 aliphatic carbocycles. The molecule has 0 aliphatic rings. The molecule has 1 unspecified atom stereocenters. The Bertz CT molecular complexity index is 167. The summed E-state index contributed by atoms with van der Waals surface area (Å²) in [5.74, 6) is 0. The second-order valence-corrected chi connectivity index (χ2v) is 14.6. The van der Waals surface area contributed by atoms with Crippen LogP contribution in [0.4, 0.5) is 0 Å². The van der Waals surface area contributed by atoms with E-state index in [2.05, 4.69) is 25.7 Å². The molecule has 1 atom stereocenters. The molecule has 0 rings (SSSR count). The van der Waals surface area contributed by atoms with Crippen molar-refractivity contribution in [3.05, 3.63) is 0 Å². The van der Waals surface area contributed by atoms with Gasteiger partial charge >= 0.3 is 113 Å². The third kappa shape index (κ3) is 10.3. The molecule has 0 aliphatic heterocycles. The molecule has 0 bridgehead atoms. The summed E-state index contributed by atoms with van der Waals surface area (Å²) in [7, 11) is 0. The SMILES string of the molecule is CCCC[O][Sn]([CH3])([CH2]CC(C)N)[O]CCCC. The van der Waals surface area contributed by atoms with Gasteiger partial charge in [0, 0.05) is 0 Å². The molecular weight excluding hydrogens is 321 g/mol. The first-order valence-electron chi connectivity index (χ1n) is 7.07. The van der Waals surface area contributed by atoms with Gasteiger partial charge in [0.15, 0.2) is 0 Å². The number of rotatable bonds is 11. The third-order valence-corrected chi connectivity index (χ3v) is 10.9. The fraction of sp³-hybridized carbons (Fsp3) is 1.00. The molecule has 0 amide bonds. The van der Waals surface area contributed by atoms with Gasteiger partial charge in [0.1, 0.15) is 0 Å². The normalized spacial score (nSPS) is 13.9. The van der Waals surface area contributed by atoms with Crippen molar-refractivity contribution in [3.63, 3.8) is 0 Å². The Kier molecular flexibility index (Phi) is 11.0. The zero-order valence-corrected chi connectivity index (χ0v) is 15.0. The molecule has 0 aromatic rings. The molecule has 0 radical (unpaired) electrons. The van der Waals surface area contributed by atoms with Crippen LogP contribution in [-0.2, 0) is 6.15 Å². The van der Waals surface area contributed by atoms with Crippen LogP contribution in [0.1, 0.15) is 52.9 Å². The van der Waals surface area contributed by atoms with Crippen molar-refractivity contribution in [2.24, 2.45) is 5.73 Å². The summed E-state index contributed by atoms with van der Waals surface area (Å²) >= 11 is -2.75. The zero-order chi connectivity index (χ0) is 13.1. The van der Waals surface area contributed by atoms with Gasteiger partial charge < -0.3 is 0 Å². The van der Waals surface area contributed by atoms with Crippen LogP contribution in [0.25, 0.3) is 0 Å². The first-order chi connectivity index (χ1) is 8.04. The molecule has 0 heterocycles. The van der Waals surface area contributed by atoms with Crippen LogP contribution in [0.5, 0.6) is 0 Å². The summed E-state index contributed by atoms with van der Waals surface area (Å²) in [4.78, 5) is 2.25. The summed E-state index contributed by atoms with van der Waals surface area (Å²) in [6, 6.07) is 0.260. The molecule has 104 valence electrons. The van der Waals surface area contributed by atoms with Crippen LogP contribution < -0.4 is 5.73 Å². The molecule has 0 aromatic heterocycles.